The second-order valence-electron chi connectivity index (χ2n) is 6.45. The molecule has 2 N–H and O–H groups in total. The Balaban J connectivity index is 1.75. The van der Waals surface area contributed by atoms with Crippen molar-refractivity contribution in [2.45, 2.75) is 44.6 Å². The van der Waals surface area contributed by atoms with E-state index in [0.717, 1.165) is 42.5 Å². The van der Waals surface area contributed by atoms with E-state index in [1.54, 1.807) is 0 Å². The maximum atomic E-state index is 13.0. The highest BCUT2D eigenvalue weighted by Crippen LogP contribution is 2.40. The molecule has 1 saturated heterocycles. The molecule has 2 aromatic heterocycles. The second kappa shape index (κ2) is 5.05. The standard InChI is InChI=1S/C16H20N4O2/c1-9-14-12(16(21)20-6-4-11(17)5-7-20)8-13(10-2-3-10)18-15(14)22-19-9/h8,10-11H,2-7,17H2,1H3. The summed E-state index contributed by atoms with van der Waals surface area (Å²) in [4.78, 5) is 19.4. The van der Waals surface area contributed by atoms with Crippen LogP contribution >= 0.6 is 0 Å². The van der Waals surface area contributed by atoms with Gasteiger partial charge in [-0.3, -0.25) is 4.79 Å². The zero-order chi connectivity index (χ0) is 15.3. The summed E-state index contributed by atoms with van der Waals surface area (Å²) in [5.74, 6) is 0.517. The van der Waals surface area contributed by atoms with E-state index >= 15 is 0 Å². The zero-order valence-electron chi connectivity index (χ0n) is 12.7. The fraction of sp³-hybridized carbons (Fsp3) is 0.562. The first kappa shape index (κ1) is 13.7. The maximum absolute atomic E-state index is 13.0. The van der Waals surface area contributed by atoms with Gasteiger partial charge >= 0.3 is 0 Å². The fourth-order valence-corrected chi connectivity index (χ4v) is 3.14. The lowest BCUT2D eigenvalue weighted by Gasteiger charge is -2.30. The Bertz CT molecular complexity index is 727. The predicted octanol–water partition coefficient (Wildman–Crippen LogP) is 1.97. The first-order valence-electron chi connectivity index (χ1n) is 7.95. The molecule has 4 rings (SSSR count). The van der Waals surface area contributed by atoms with Crippen molar-refractivity contribution in [2.24, 2.45) is 5.73 Å². The molecule has 0 radical (unpaired) electrons. The van der Waals surface area contributed by atoms with Crippen LogP contribution in [0.3, 0.4) is 0 Å². The quantitative estimate of drug-likeness (QED) is 0.916. The molecule has 6 nitrogen and oxygen atoms in total. The molecule has 1 saturated carbocycles. The summed E-state index contributed by atoms with van der Waals surface area (Å²) >= 11 is 0. The molecule has 2 aromatic rings. The number of amides is 1. The molecule has 2 fully saturated rings. The van der Waals surface area contributed by atoms with Crippen LogP contribution in [0.15, 0.2) is 10.6 Å². The highest BCUT2D eigenvalue weighted by atomic mass is 16.5. The highest BCUT2D eigenvalue weighted by molar-refractivity contribution is 6.06. The van der Waals surface area contributed by atoms with Gasteiger partial charge in [-0.05, 0) is 38.7 Å². The minimum absolute atomic E-state index is 0.0486. The van der Waals surface area contributed by atoms with E-state index in [4.69, 9.17) is 10.3 Å². The molecule has 0 aromatic carbocycles. The van der Waals surface area contributed by atoms with Crippen LogP contribution in [-0.4, -0.2) is 40.1 Å². The van der Waals surface area contributed by atoms with Crippen LogP contribution in [0.2, 0.25) is 0 Å². The molecule has 1 aliphatic carbocycles. The normalized spacial score (nSPS) is 19.8. The van der Waals surface area contributed by atoms with Crippen molar-refractivity contribution < 1.29 is 9.32 Å². The number of nitrogens with zero attached hydrogens (tertiary/aromatic N) is 3. The Morgan fingerprint density at radius 1 is 1.32 bits per heavy atom. The Morgan fingerprint density at radius 2 is 2.05 bits per heavy atom. The van der Waals surface area contributed by atoms with Crippen molar-refractivity contribution in [2.75, 3.05) is 13.1 Å². The summed E-state index contributed by atoms with van der Waals surface area (Å²) in [5, 5.41) is 4.74. The van der Waals surface area contributed by atoms with Crippen LogP contribution in [0.4, 0.5) is 0 Å². The highest BCUT2D eigenvalue weighted by Gasteiger charge is 2.30. The number of fused-ring (bicyclic) bond motifs is 1. The first-order valence-corrected chi connectivity index (χ1v) is 7.95. The fourth-order valence-electron chi connectivity index (χ4n) is 3.14. The van der Waals surface area contributed by atoms with Gasteiger partial charge in [0.1, 0.15) is 0 Å². The summed E-state index contributed by atoms with van der Waals surface area (Å²) in [6.07, 6.45) is 3.99. The van der Waals surface area contributed by atoms with E-state index in [-0.39, 0.29) is 11.9 Å². The number of aromatic nitrogens is 2. The van der Waals surface area contributed by atoms with E-state index in [1.807, 2.05) is 17.9 Å². The zero-order valence-corrected chi connectivity index (χ0v) is 12.7. The van der Waals surface area contributed by atoms with Gasteiger partial charge in [-0.25, -0.2) is 4.98 Å². The van der Waals surface area contributed by atoms with Crippen LogP contribution < -0.4 is 5.73 Å². The lowest BCUT2D eigenvalue weighted by atomic mass is 10.0. The molecule has 0 spiro atoms. The molecule has 1 amide bonds. The number of rotatable bonds is 2. The Labute approximate surface area is 128 Å². The van der Waals surface area contributed by atoms with Crippen molar-refractivity contribution in [3.63, 3.8) is 0 Å². The van der Waals surface area contributed by atoms with E-state index in [2.05, 4.69) is 10.1 Å². The molecule has 116 valence electrons. The molecule has 0 unspecified atom stereocenters. The van der Waals surface area contributed by atoms with Gasteiger partial charge in [0, 0.05) is 30.7 Å². The van der Waals surface area contributed by atoms with Crippen LogP contribution in [0.25, 0.3) is 11.1 Å². The van der Waals surface area contributed by atoms with Gasteiger partial charge in [0.15, 0.2) is 0 Å². The van der Waals surface area contributed by atoms with Crippen molar-refractivity contribution in [1.82, 2.24) is 15.0 Å². The van der Waals surface area contributed by atoms with Gasteiger partial charge < -0.3 is 15.2 Å². The van der Waals surface area contributed by atoms with Crippen molar-refractivity contribution in [3.8, 4) is 0 Å². The van der Waals surface area contributed by atoms with Gasteiger partial charge in [-0.2, -0.15) is 0 Å². The Hall–Kier alpha value is -1.95. The number of hydrogen-bond acceptors (Lipinski definition) is 5. The Morgan fingerprint density at radius 3 is 2.73 bits per heavy atom. The van der Waals surface area contributed by atoms with Gasteiger partial charge in [-0.1, -0.05) is 5.16 Å². The van der Waals surface area contributed by atoms with E-state index < -0.39 is 0 Å². The van der Waals surface area contributed by atoms with Gasteiger partial charge in [0.05, 0.1) is 16.6 Å². The number of likely N-dealkylation sites (tertiary alicyclic amines) is 1. The number of aryl methyl sites for hydroxylation is 1. The number of carbonyl (C=O) groups excluding carboxylic acids is 1. The molecule has 0 bridgehead atoms. The smallest absolute Gasteiger partial charge is 0.259 e. The second-order valence-corrected chi connectivity index (χ2v) is 6.45. The van der Waals surface area contributed by atoms with Crippen LogP contribution in [0, 0.1) is 6.92 Å². The van der Waals surface area contributed by atoms with Crippen LogP contribution in [0.1, 0.15) is 53.3 Å². The summed E-state index contributed by atoms with van der Waals surface area (Å²) in [6, 6.07) is 2.15. The van der Waals surface area contributed by atoms with Gasteiger partial charge in [0.25, 0.3) is 11.6 Å². The third-order valence-corrected chi connectivity index (χ3v) is 4.69. The van der Waals surface area contributed by atoms with Crippen molar-refractivity contribution in [1.29, 1.82) is 0 Å². The molecule has 6 heteroatoms. The number of piperidine rings is 1. The summed E-state index contributed by atoms with van der Waals surface area (Å²) in [5.41, 5.74) is 8.78. The lowest BCUT2D eigenvalue weighted by Crippen LogP contribution is -2.42. The minimum Gasteiger partial charge on any atom is -0.339 e. The lowest BCUT2D eigenvalue weighted by molar-refractivity contribution is 0.0716. The van der Waals surface area contributed by atoms with E-state index in [9.17, 15) is 4.79 Å². The maximum Gasteiger partial charge on any atom is 0.259 e. The van der Waals surface area contributed by atoms with E-state index in [0.29, 0.717) is 30.3 Å². The van der Waals surface area contributed by atoms with Crippen molar-refractivity contribution >= 4 is 17.0 Å². The Kier molecular flexibility index (Phi) is 3.14. The van der Waals surface area contributed by atoms with Gasteiger partial charge in [0.2, 0.25) is 0 Å². The molecule has 2 aliphatic rings. The van der Waals surface area contributed by atoms with E-state index in [1.165, 1.54) is 0 Å². The van der Waals surface area contributed by atoms with Crippen LogP contribution in [0.5, 0.6) is 0 Å². The number of carbonyl (C=O) groups is 1. The van der Waals surface area contributed by atoms with Gasteiger partial charge in [-0.15, -0.1) is 0 Å². The molecule has 1 aliphatic heterocycles. The summed E-state index contributed by atoms with van der Waals surface area (Å²) < 4.78 is 5.31. The third kappa shape index (κ3) is 2.27. The largest absolute Gasteiger partial charge is 0.339 e. The predicted molar refractivity (Wildman–Crippen MR) is 81.6 cm³/mol. The number of hydrogen-bond donors (Lipinski definition) is 1. The topological polar surface area (TPSA) is 85.2 Å². The molecular formula is C16H20N4O2. The molecular weight excluding hydrogens is 280 g/mol. The molecule has 22 heavy (non-hydrogen) atoms. The third-order valence-electron chi connectivity index (χ3n) is 4.69. The minimum atomic E-state index is 0.0486. The SMILES string of the molecule is Cc1noc2nc(C3CC3)cc(C(=O)N3CCC(N)CC3)c12. The average Bonchev–Trinajstić information content (AvgIpc) is 3.31. The van der Waals surface area contributed by atoms with Crippen LogP contribution in [-0.2, 0) is 0 Å². The van der Waals surface area contributed by atoms with Crippen molar-refractivity contribution in [3.05, 3.63) is 23.0 Å². The molecule has 0 atom stereocenters. The average molecular weight is 300 g/mol. The summed E-state index contributed by atoms with van der Waals surface area (Å²) in [6.45, 7) is 3.28. The summed E-state index contributed by atoms with van der Waals surface area (Å²) in [7, 11) is 0. The molecule has 3 heterocycles. The monoisotopic (exact) mass is 300 g/mol. The number of pyridine rings is 1. The number of nitrogens with two attached hydrogens (primary N) is 1. The first-order chi connectivity index (χ1) is 10.6.